The van der Waals surface area contributed by atoms with Crippen LogP contribution < -0.4 is 0 Å². The first-order valence-electron chi connectivity index (χ1n) is 7.55. The first-order chi connectivity index (χ1) is 10.9. The third-order valence-corrected chi connectivity index (χ3v) is 3.70. The van der Waals surface area contributed by atoms with Crippen LogP contribution in [0.1, 0.15) is 33.3 Å². The van der Waals surface area contributed by atoms with E-state index in [1.54, 1.807) is 11.3 Å². The molecule has 0 spiro atoms. The number of aryl methyl sites for hydroxylation is 6. The third kappa shape index (κ3) is 8.83. The molecule has 0 amide bonds. The lowest BCUT2D eigenvalue weighted by molar-refractivity contribution is 1.12. The zero-order chi connectivity index (χ0) is 17.2. The molecule has 3 nitrogen and oxygen atoms in total. The number of nitrogens with zero attached hydrogens (tertiary/aromatic N) is 3. The Morgan fingerprint density at radius 1 is 0.739 bits per heavy atom. The van der Waals surface area contributed by atoms with Crippen LogP contribution in [-0.4, -0.2) is 15.0 Å². The molecule has 122 valence electrons. The molecule has 0 N–H and O–H groups in total. The quantitative estimate of drug-likeness (QED) is 0.572. The van der Waals surface area contributed by atoms with Gasteiger partial charge in [0, 0.05) is 34.4 Å². The van der Waals surface area contributed by atoms with Gasteiger partial charge in [-0.1, -0.05) is 6.07 Å². The van der Waals surface area contributed by atoms with Crippen molar-refractivity contribution in [1.29, 1.82) is 0 Å². The van der Waals surface area contributed by atoms with Crippen LogP contribution in [-0.2, 0) is 0 Å². The molecule has 23 heavy (non-hydrogen) atoms. The molecule has 0 bridgehead atoms. The van der Waals surface area contributed by atoms with Crippen LogP contribution in [0.15, 0.2) is 41.9 Å². The lowest BCUT2D eigenvalue weighted by Gasteiger charge is -1.90. The number of rotatable bonds is 0. The van der Waals surface area contributed by atoms with Crippen LogP contribution in [0.3, 0.4) is 0 Å². The second kappa shape index (κ2) is 9.85. The van der Waals surface area contributed by atoms with Gasteiger partial charge < -0.3 is 0 Å². The van der Waals surface area contributed by atoms with Crippen molar-refractivity contribution in [1.82, 2.24) is 15.0 Å². The Labute approximate surface area is 143 Å². The molecule has 0 fully saturated rings. The van der Waals surface area contributed by atoms with E-state index in [0.717, 1.165) is 27.8 Å². The molecule has 3 aromatic rings. The van der Waals surface area contributed by atoms with Crippen molar-refractivity contribution < 1.29 is 0 Å². The van der Waals surface area contributed by atoms with E-state index in [-0.39, 0.29) is 0 Å². The van der Waals surface area contributed by atoms with E-state index in [4.69, 9.17) is 0 Å². The number of hydrogen-bond donors (Lipinski definition) is 0. The van der Waals surface area contributed by atoms with Gasteiger partial charge in [0.2, 0.25) is 0 Å². The second-order valence-electron chi connectivity index (χ2n) is 5.40. The zero-order valence-electron chi connectivity index (χ0n) is 14.8. The molecule has 0 unspecified atom stereocenters. The Morgan fingerprint density at radius 3 is 1.65 bits per heavy atom. The largest absolute Gasteiger partial charge is 0.262 e. The van der Waals surface area contributed by atoms with Gasteiger partial charge in [0.1, 0.15) is 0 Å². The Kier molecular flexibility index (Phi) is 8.13. The molecule has 0 aliphatic rings. The maximum Gasteiger partial charge on any atom is 0.0897 e. The summed E-state index contributed by atoms with van der Waals surface area (Å²) in [6, 6.07) is 10.0. The highest BCUT2D eigenvalue weighted by molar-refractivity contribution is 7.09. The lowest BCUT2D eigenvalue weighted by atomic mass is 10.3. The fourth-order valence-corrected chi connectivity index (χ4v) is 2.43. The average Bonchev–Trinajstić information content (AvgIpc) is 2.83. The van der Waals surface area contributed by atoms with Gasteiger partial charge in [-0.2, -0.15) is 0 Å². The molecule has 3 aromatic heterocycles. The average molecular weight is 327 g/mol. The van der Waals surface area contributed by atoms with Crippen LogP contribution in [0.2, 0.25) is 0 Å². The minimum Gasteiger partial charge on any atom is -0.262 e. The highest BCUT2D eigenvalue weighted by Crippen LogP contribution is 2.04. The lowest BCUT2D eigenvalue weighted by Crippen LogP contribution is -1.81. The van der Waals surface area contributed by atoms with Crippen LogP contribution in [0.25, 0.3) is 0 Å². The predicted octanol–water partition coefficient (Wildman–Crippen LogP) is 5.16. The summed E-state index contributed by atoms with van der Waals surface area (Å²) in [7, 11) is 0. The van der Waals surface area contributed by atoms with E-state index in [1.807, 2.05) is 65.1 Å². The standard InChI is InChI=1S/2C7H9N.C5H7NS/c1-6-3-4-8-7(2)5-6;1-6-4-3-5-7(2)8-6;1-4-3-7-5(2)6-4/h2*3-5H,1-2H3;3H,1-2H3. The molecular weight excluding hydrogens is 302 g/mol. The molecule has 4 heteroatoms. The van der Waals surface area contributed by atoms with Crippen molar-refractivity contribution in [3.8, 4) is 0 Å². The number of hydrogen-bond acceptors (Lipinski definition) is 4. The fourth-order valence-electron chi connectivity index (χ4n) is 1.84. The normalized spacial score (nSPS) is 9.30. The maximum atomic E-state index is 4.17. The summed E-state index contributed by atoms with van der Waals surface area (Å²) >= 11 is 1.69. The van der Waals surface area contributed by atoms with Gasteiger partial charge in [-0.05, 0) is 71.4 Å². The van der Waals surface area contributed by atoms with Crippen LogP contribution in [0.4, 0.5) is 0 Å². The highest BCUT2D eigenvalue weighted by Gasteiger charge is 1.86. The first-order valence-corrected chi connectivity index (χ1v) is 8.43. The molecule has 0 radical (unpaired) electrons. The Balaban J connectivity index is 0.000000173. The van der Waals surface area contributed by atoms with Gasteiger partial charge in [-0.3, -0.25) is 9.97 Å². The minimum atomic E-state index is 1.09. The van der Waals surface area contributed by atoms with Crippen LogP contribution in [0.5, 0.6) is 0 Å². The molecule has 3 heterocycles. The SMILES string of the molecule is Cc1cccc(C)n1.Cc1ccnc(C)c1.Cc1csc(C)n1. The summed E-state index contributed by atoms with van der Waals surface area (Å²) in [5.74, 6) is 0. The molecule has 0 aliphatic heterocycles. The molecule has 3 rings (SSSR count). The minimum absolute atomic E-state index is 1.09. The fraction of sp³-hybridized carbons (Fsp3) is 0.316. The summed E-state index contributed by atoms with van der Waals surface area (Å²) in [6.45, 7) is 12.1. The first kappa shape index (κ1) is 19.0. The van der Waals surface area contributed by atoms with E-state index in [9.17, 15) is 0 Å². The number of aromatic nitrogens is 3. The maximum absolute atomic E-state index is 4.17. The Bertz CT molecular complexity index is 625. The molecule has 0 saturated heterocycles. The van der Waals surface area contributed by atoms with Crippen LogP contribution >= 0.6 is 11.3 Å². The molecule has 0 saturated carbocycles. The van der Waals surface area contributed by atoms with Crippen LogP contribution in [0, 0.1) is 41.5 Å². The van der Waals surface area contributed by atoms with Gasteiger partial charge >= 0.3 is 0 Å². The molecule has 0 aliphatic carbocycles. The van der Waals surface area contributed by atoms with Gasteiger partial charge in [-0.15, -0.1) is 11.3 Å². The Morgan fingerprint density at radius 2 is 1.39 bits per heavy atom. The van der Waals surface area contributed by atoms with E-state index in [2.05, 4.69) is 33.3 Å². The van der Waals surface area contributed by atoms with Gasteiger partial charge in [0.15, 0.2) is 0 Å². The smallest absolute Gasteiger partial charge is 0.0897 e. The zero-order valence-corrected chi connectivity index (χ0v) is 15.6. The van der Waals surface area contributed by atoms with Gasteiger partial charge in [0.25, 0.3) is 0 Å². The monoisotopic (exact) mass is 327 g/mol. The second-order valence-corrected chi connectivity index (χ2v) is 6.47. The topological polar surface area (TPSA) is 38.7 Å². The van der Waals surface area contributed by atoms with Crippen molar-refractivity contribution in [2.24, 2.45) is 0 Å². The van der Waals surface area contributed by atoms with E-state index in [1.165, 1.54) is 5.56 Å². The number of thiazole rings is 1. The Hall–Kier alpha value is -2.07. The van der Waals surface area contributed by atoms with Gasteiger partial charge in [-0.25, -0.2) is 4.98 Å². The van der Waals surface area contributed by atoms with Gasteiger partial charge in [0.05, 0.1) is 5.01 Å². The highest BCUT2D eigenvalue weighted by atomic mass is 32.1. The van der Waals surface area contributed by atoms with Crippen molar-refractivity contribution in [2.75, 3.05) is 0 Å². The molecular formula is C19H25N3S. The summed E-state index contributed by atoms with van der Waals surface area (Å²) in [5, 5.41) is 3.20. The van der Waals surface area contributed by atoms with E-state index in [0.29, 0.717) is 0 Å². The van der Waals surface area contributed by atoms with Crippen molar-refractivity contribution in [2.45, 2.75) is 41.5 Å². The van der Waals surface area contributed by atoms with Crippen molar-refractivity contribution in [3.63, 3.8) is 0 Å². The third-order valence-electron chi connectivity index (χ3n) is 2.81. The summed E-state index contributed by atoms with van der Waals surface area (Å²) in [6.07, 6.45) is 1.82. The van der Waals surface area contributed by atoms with Crippen molar-refractivity contribution in [3.05, 3.63) is 75.3 Å². The summed E-state index contributed by atoms with van der Waals surface area (Å²) in [5.41, 5.74) is 5.67. The molecule has 0 atom stereocenters. The van der Waals surface area contributed by atoms with Crippen molar-refractivity contribution >= 4 is 11.3 Å². The van der Waals surface area contributed by atoms with E-state index >= 15 is 0 Å². The number of pyridine rings is 2. The summed E-state index contributed by atoms with van der Waals surface area (Å²) < 4.78 is 0. The summed E-state index contributed by atoms with van der Waals surface area (Å²) in [4.78, 5) is 12.3. The van der Waals surface area contributed by atoms with E-state index < -0.39 is 0 Å². The molecule has 0 aromatic carbocycles. The predicted molar refractivity (Wildman–Crippen MR) is 99.0 cm³/mol.